The molecule has 1 rings (SSSR count). The zero-order valence-corrected chi connectivity index (χ0v) is 12.8. The van der Waals surface area contributed by atoms with Crippen LogP contribution >= 0.6 is 0 Å². The van der Waals surface area contributed by atoms with Crippen LogP contribution in [0.5, 0.6) is 0 Å². The van der Waals surface area contributed by atoms with E-state index in [1.807, 2.05) is 0 Å². The van der Waals surface area contributed by atoms with Gasteiger partial charge in [0.15, 0.2) is 0 Å². The van der Waals surface area contributed by atoms with Gasteiger partial charge in [0, 0.05) is 19.7 Å². The van der Waals surface area contributed by atoms with Gasteiger partial charge in [-0.25, -0.2) is 9.18 Å². The van der Waals surface area contributed by atoms with Crippen molar-refractivity contribution in [2.45, 2.75) is 39.7 Å². The van der Waals surface area contributed by atoms with Crippen molar-refractivity contribution in [3.8, 4) is 0 Å². The van der Waals surface area contributed by atoms with Crippen LogP contribution in [0.25, 0.3) is 0 Å². The van der Waals surface area contributed by atoms with E-state index >= 15 is 0 Å². The summed E-state index contributed by atoms with van der Waals surface area (Å²) in [4.78, 5) is 11.7. The van der Waals surface area contributed by atoms with E-state index in [4.69, 9.17) is 5.11 Å². The molecule has 0 aliphatic heterocycles. The van der Waals surface area contributed by atoms with E-state index < -0.39 is 0 Å². The van der Waals surface area contributed by atoms with Crippen molar-refractivity contribution >= 4 is 6.03 Å². The van der Waals surface area contributed by atoms with Gasteiger partial charge >= 0.3 is 6.03 Å². The Hall–Kier alpha value is -1.62. The van der Waals surface area contributed by atoms with Crippen LogP contribution in [0.4, 0.5) is 9.18 Å². The van der Waals surface area contributed by atoms with E-state index in [9.17, 15) is 9.18 Å². The zero-order valence-electron chi connectivity index (χ0n) is 12.8. The molecule has 0 fully saturated rings. The van der Waals surface area contributed by atoms with Crippen LogP contribution in [0, 0.1) is 18.7 Å². The molecule has 1 atom stereocenters. The fourth-order valence-electron chi connectivity index (χ4n) is 2.24. The second-order valence-corrected chi connectivity index (χ2v) is 5.31. The van der Waals surface area contributed by atoms with Gasteiger partial charge in [0.2, 0.25) is 0 Å². The van der Waals surface area contributed by atoms with E-state index in [-0.39, 0.29) is 18.5 Å². The molecule has 5 heteroatoms. The van der Waals surface area contributed by atoms with Gasteiger partial charge in [-0.3, -0.25) is 0 Å². The highest BCUT2D eigenvalue weighted by Gasteiger charge is 2.09. The number of carbonyl (C=O) groups is 1. The summed E-state index contributed by atoms with van der Waals surface area (Å²) >= 11 is 0. The SMILES string of the molecule is CCCC(CCO)CNC(=O)NCc1ccc(F)c(C)c1. The number of halogens is 1. The number of urea groups is 1. The molecule has 0 aliphatic carbocycles. The smallest absolute Gasteiger partial charge is 0.315 e. The molecular weight excluding hydrogens is 271 g/mol. The Morgan fingerprint density at radius 3 is 2.71 bits per heavy atom. The second-order valence-electron chi connectivity index (χ2n) is 5.31. The molecule has 1 unspecified atom stereocenters. The lowest BCUT2D eigenvalue weighted by Gasteiger charge is -2.16. The first-order valence-electron chi connectivity index (χ1n) is 7.44. The maximum atomic E-state index is 13.1. The minimum atomic E-state index is -0.241. The summed E-state index contributed by atoms with van der Waals surface area (Å²) in [5.74, 6) is 0.0634. The van der Waals surface area contributed by atoms with Crippen LogP contribution in [-0.2, 0) is 6.54 Å². The van der Waals surface area contributed by atoms with Crippen molar-refractivity contribution in [3.05, 3.63) is 35.1 Å². The fraction of sp³-hybridized carbons (Fsp3) is 0.562. The Morgan fingerprint density at radius 2 is 2.10 bits per heavy atom. The standard InChI is InChI=1S/C16H25FN2O2/c1-3-4-13(7-8-20)10-18-16(21)19-11-14-5-6-15(17)12(2)9-14/h5-6,9,13,20H,3-4,7-8,10-11H2,1-2H3,(H2,18,19,21). The van der Waals surface area contributed by atoms with Gasteiger partial charge in [-0.15, -0.1) is 0 Å². The average molecular weight is 296 g/mol. The molecule has 2 amide bonds. The van der Waals surface area contributed by atoms with Crippen molar-refractivity contribution in [2.75, 3.05) is 13.2 Å². The van der Waals surface area contributed by atoms with Gasteiger partial charge < -0.3 is 15.7 Å². The molecule has 0 spiro atoms. The van der Waals surface area contributed by atoms with E-state index in [0.717, 1.165) is 18.4 Å². The number of aliphatic hydroxyl groups excluding tert-OH is 1. The summed E-state index contributed by atoms with van der Waals surface area (Å²) in [7, 11) is 0. The number of nitrogens with one attached hydrogen (secondary N) is 2. The van der Waals surface area contributed by atoms with Crippen LogP contribution in [-0.4, -0.2) is 24.3 Å². The predicted octanol–water partition coefficient (Wildman–Crippen LogP) is 2.73. The maximum Gasteiger partial charge on any atom is 0.315 e. The van der Waals surface area contributed by atoms with Gasteiger partial charge in [-0.2, -0.15) is 0 Å². The van der Waals surface area contributed by atoms with Crippen molar-refractivity contribution < 1.29 is 14.3 Å². The summed E-state index contributed by atoms with van der Waals surface area (Å²) in [6, 6.07) is 4.55. The second kappa shape index (κ2) is 9.34. The summed E-state index contributed by atoms with van der Waals surface area (Å²) in [5.41, 5.74) is 1.44. The zero-order chi connectivity index (χ0) is 15.7. The van der Waals surface area contributed by atoms with Gasteiger partial charge in [0.1, 0.15) is 5.82 Å². The van der Waals surface area contributed by atoms with Gasteiger partial charge in [-0.05, 0) is 42.9 Å². The van der Waals surface area contributed by atoms with Crippen molar-refractivity contribution in [3.63, 3.8) is 0 Å². The number of hydrogen-bond acceptors (Lipinski definition) is 2. The summed E-state index contributed by atoms with van der Waals surface area (Å²) in [6.07, 6.45) is 2.71. The van der Waals surface area contributed by atoms with E-state index in [1.54, 1.807) is 19.1 Å². The van der Waals surface area contributed by atoms with Crippen molar-refractivity contribution in [2.24, 2.45) is 5.92 Å². The molecule has 0 saturated carbocycles. The number of amides is 2. The van der Waals surface area contributed by atoms with Gasteiger partial charge in [0.25, 0.3) is 0 Å². The first-order valence-corrected chi connectivity index (χ1v) is 7.44. The molecular formula is C16H25FN2O2. The van der Waals surface area contributed by atoms with Crippen molar-refractivity contribution in [1.29, 1.82) is 0 Å². The summed E-state index contributed by atoms with van der Waals surface area (Å²) < 4.78 is 13.1. The molecule has 0 heterocycles. The third kappa shape index (κ3) is 6.58. The van der Waals surface area contributed by atoms with Crippen LogP contribution in [0.2, 0.25) is 0 Å². The Morgan fingerprint density at radius 1 is 1.33 bits per heavy atom. The van der Waals surface area contributed by atoms with Crippen molar-refractivity contribution in [1.82, 2.24) is 10.6 Å². The number of rotatable bonds is 8. The lowest BCUT2D eigenvalue weighted by atomic mass is 10.0. The third-order valence-electron chi connectivity index (χ3n) is 3.46. The molecule has 0 bridgehead atoms. The van der Waals surface area contributed by atoms with E-state index in [0.29, 0.717) is 31.0 Å². The molecule has 0 radical (unpaired) electrons. The summed E-state index contributed by atoms with van der Waals surface area (Å²) in [5, 5.41) is 14.5. The topological polar surface area (TPSA) is 61.4 Å². The quantitative estimate of drug-likeness (QED) is 0.691. The number of aryl methyl sites for hydroxylation is 1. The van der Waals surface area contributed by atoms with Crippen LogP contribution in [0.3, 0.4) is 0 Å². The molecule has 21 heavy (non-hydrogen) atoms. The molecule has 0 aliphatic rings. The van der Waals surface area contributed by atoms with Crippen LogP contribution in [0.1, 0.15) is 37.3 Å². The fourth-order valence-corrected chi connectivity index (χ4v) is 2.24. The Labute approximate surface area is 125 Å². The molecule has 1 aromatic carbocycles. The van der Waals surface area contributed by atoms with E-state index in [1.165, 1.54) is 6.07 Å². The third-order valence-corrected chi connectivity index (χ3v) is 3.46. The highest BCUT2D eigenvalue weighted by Crippen LogP contribution is 2.10. The molecule has 3 N–H and O–H groups in total. The average Bonchev–Trinajstić information content (AvgIpc) is 2.46. The van der Waals surface area contributed by atoms with Crippen LogP contribution < -0.4 is 10.6 Å². The molecule has 4 nitrogen and oxygen atoms in total. The molecule has 0 saturated heterocycles. The first-order chi connectivity index (χ1) is 10.1. The highest BCUT2D eigenvalue weighted by atomic mass is 19.1. The lowest BCUT2D eigenvalue weighted by Crippen LogP contribution is -2.38. The monoisotopic (exact) mass is 296 g/mol. The Kier molecular flexibility index (Phi) is 7.75. The van der Waals surface area contributed by atoms with Crippen LogP contribution in [0.15, 0.2) is 18.2 Å². The molecule has 1 aromatic rings. The Balaban J connectivity index is 2.34. The molecule has 118 valence electrons. The normalized spacial score (nSPS) is 12.0. The predicted molar refractivity (Wildman–Crippen MR) is 81.5 cm³/mol. The molecule has 0 aromatic heterocycles. The number of benzene rings is 1. The van der Waals surface area contributed by atoms with Gasteiger partial charge in [-0.1, -0.05) is 25.5 Å². The van der Waals surface area contributed by atoms with E-state index in [2.05, 4.69) is 17.6 Å². The Bertz CT molecular complexity index is 446. The maximum absolute atomic E-state index is 13.1. The number of hydrogen-bond donors (Lipinski definition) is 3. The summed E-state index contributed by atoms with van der Waals surface area (Å²) in [6.45, 7) is 4.85. The minimum Gasteiger partial charge on any atom is -0.396 e. The lowest BCUT2D eigenvalue weighted by molar-refractivity contribution is 0.229. The highest BCUT2D eigenvalue weighted by molar-refractivity contribution is 5.73. The largest absolute Gasteiger partial charge is 0.396 e. The minimum absolute atomic E-state index is 0.142. The first kappa shape index (κ1) is 17.4. The number of carbonyl (C=O) groups excluding carboxylic acids is 1. The van der Waals surface area contributed by atoms with Gasteiger partial charge in [0.05, 0.1) is 0 Å². The number of aliphatic hydroxyl groups is 1.